The van der Waals surface area contributed by atoms with Crippen LogP contribution in [0.4, 0.5) is 5.82 Å². The number of anilines is 1. The molecule has 1 N–H and O–H groups in total. The van der Waals surface area contributed by atoms with Crippen LogP contribution in [-0.4, -0.2) is 21.4 Å². The Morgan fingerprint density at radius 3 is 2.77 bits per heavy atom. The number of hydrogen-bond acceptors (Lipinski definition) is 3. The van der Waals surface area contributed by atoms with Crippen molar-refractivity contribution >= 4 is 35.1 Å². The fourth-order valence-electron chi connectivity index (χ4n) is 3.29. The monoisotopic (exact) mass is 383 g/mol. The van der Waals surface area contributed by atoms with E-state index < -0.39 is 0 Å². The molecule has 0 radical (unpaired) electrons. The zero-order valence-corrected chi connectivity index (χ0v) is 16.1. The molecule has 0 spiro atoms. The number of aromatic nitrogens is 2. The van der Waals surface area contributed by atoms with Gasteiger partial charge in [-0.15, -0.1) is 11.8 Å². The standard InChI is InChI=1S/C20H18ClN3OS/c1-12-6-3-4-9-16(12)24-20-18(13(2)23-24)19(26-11-17(25)22-20)14-7-5-8-15(21)10-14/h3-10,19H,11H2,1-2H3,(H,22,25)/t19-/m0/s1. The minimum absolute atomic E-state index is 0.000387. The van der Waals surface area contributed by atoms with Gasteiger partial charge >= 0.3 is 0 Å². The summed E-state index contributed by atoms with van der Waals surface area (Å²) in [4.78, 5) is 12.4. The van der Waals surface area contributed by atoms with Gasteiger partial charge in [0.25, 0.3) is 0 Å². The highest BCUT2D eigenvalue weighted by molar-refractivity contribution is 8.00. The lowest BCUT2D eigenvalue weighted by molar-refractivity contribution is -0.113. The molecule has 1 aromatic heterocycles. The Balaban J connectivity index is 1.92. The van der Waals surface area contributed by atoms with Gasteiger partial charge in [0.05, 0.1) is 22.4 Å². The third-order valence-electron chi connectivity index (χ3n) is 4.50. The number of benzene rings is 2. The molecule has 0 saturated carbocycles. The Bertz CT molecular complexity index is 998. The van der Waals surface area contributed by atoms with Gasteiger partial charge in [-0.1, -0.05) is 41.9 Å². The van der Waals surface area contributed by atoms with Crippen LogP contribution in [0, 0.1) is 13.8 Å². The lowest BCUT2D eigenvalue weighted by atomic mass is 10.0. The van der Waals surface area contributed by atoms with Crippen LogP contribution in [0.3, 0.4) is 0 Å². The van der Waals surface area contributed by atoms with Crippen molar-refractivity contribution in [1.29, 1.82) is 0 Å². The molecule has 26 heavy (non-hydrogen) atoms. The van der Waals surface area contributed by atoms with E-state index in [1.54, 1.807) is 11.8 Å². The molecule has 1 aliphatic rings. The Morgan fingerprint density at radius 1 is 1.19 bits per heavy atom. The highest BCUT2D eigenvalue weighted by atomic mass is 35.5. The summed E-state index contributed by atoms with van der Waals surface area (Å²) in [7, 11) is 0. The van der Waals surface area contributed by atoms with E-state index in [0.717, 1.165) is 33.9 Å². The van der Waals surface area contributed by atoms with Crippen molar-refractivity contribution in [2.24, 2.45) is 0 Å². The van der Waals surface area contributed by atoms with E-state index in [1.165, 1.54) is 0 Å². The van der Waals surface area contributed by atoms with Gasteiger partial charge < -0.3 is 5.32 Å². The van der Waals surface area contributed by atoms with Gasteiger partial charge in [0, 0.05) is 10.6 Å². The van der Waals surface area contributed by atoms with Gasteiger partial charge in [-0.05, 0) is 43.2 Å². The van der Waals surface area contributed by atoms with E-state index in [9.17, 15) is 4.79 Å². The first-order valence-corrected chi connectivity index (χ1v) is 9.79. The number of para-hydroxylation sites is 1. The molecule has 2 heterocycles. The zero-order chi connectivity index (χ0) is 18.3. The summed E-state index contributed by atoms with van der Waals surface area (Å²) in [6.07, 6.45) is 0. The van der Waals surface area contributed by atoms with Crippen LogP contribution in [0.5, 0.6) is 0 Å². The summed E-state index contributed by atoms with van der Waals surface area (Å²) >= 11 is 7.81. The first kappa shape index (κ1) is 17.2. The minimum atomic E-state index is -0.0180. The Kier molecular flexibility index (Phi) is 4.51. The number of fused-ring (bicyclic) bond motifs is 1. The van der Waals surface area contributed by atoms with Crippen LogP contribution >= 0.6 is 23.4 Å². The maximum atomic E-state index is 12.4. The van der Waals surface area contributed by atoms with Crippen LogP contribution in [0.2, 0.25) is 5.02 Å². The van der Waals surface area contributed by atoms with E-state index >= 15 is 0 Å². The molecule has 0 saturated heterocycles. The molecule has 1 amide bonds. The lowest BCUT2D eigenvalue weighted by Gasteiger charge is -2.16. The molecular formula is C20H18ClN3OS. The summed E-state index contributed by atoms with van der Waals surface area (Å²) < 4.78 is 1.85. The van der Waals surface area contributed by atoms with Crippen LogP contribution in [0.15, 0.2) is 48.5 Å². The van der Waals surface area contributed by atoms with Gasteiger partial charge in [-0.3, -0.25) is 4.79 Å². The zero-order valence-electron chi connectivity index (χ0n) is 14.5. The number of nitrogens with one attached hydrogen (secondary N) is 1. The largest absolute Gasteiger partial charge is 0.310 e. The summed E-state index contributed by atoms with van der Waals surface area (Å²) in [6, 6.07) is 15.8. The van der Waals surface area contributed by atoms with E-state index in [1.807, 2.05) is 67.1 Å². The molecule has 6 heteroatoms. The fourth-order valence-corrected chi connectivity index (χ4v) is 4.67. The van der Waals surface area contributed by atoms with Gasteiger partial charge in [0.15, 0.2) is 0 Å². The number of nitrogens with zero attached hydrogens (tertiary/aromatic N) is 2. The molecule has 4 rings (SSSR count). The lowest BCUT2D eigenvalue weighted by Crippen LogP contribution is -2.16. The number of carbonyl (C=O) groups is 1. The third kappa shape index (κ3) is 3.02. The Hall–Kier alpha value is -2.24. The molecule has 1 atom stereocenters. The van der Waals surface area contributed by atoms with Crippen molar-refractivity contribution in [3.63, 3.8) is 0 Å². The second-order valence-electron chi connectivity index (χ2n) is 6.34. The smallest absolute Gasteiger partial charge is 0.235 e. The highest BCUT2D eigenvalue weighted by Crippen LogP contribution is 2.44. The quantitative estimate of drug-likeness (QED) is 0.683. The summed E-state index contributed by atoms with van der Waals surface area (Å²) in [6.45, 7) is 4.03. The molecular weight excluding hydrogens is 366 g/mol. The maximum absolute atomic E-state index is 12.4. The second kappa shape index (κ2) is 6.82. The first-order valence-electron chi connectivity index (χ1n) is 8.37. The van der Waals surface area contributed by atoms with Gasteiger partial charge in [-0.2, -0.15) is 5.10 Å². The third-order valence-corrected chi connectivity index (χ3v) is 6.01. The van der Waals surface area contributed by atoms with E-state index in [-0.39, 0.29) is 11.2 Å². The van der Waals surface area contributed by atoms with Crippen molar-refractivity contribution in [3.05, 3.63) is 75.9 Å². The maximum Gasteiger partial charge on any atom is 0.235 e. The Morgan fingerprint density at radius 2 is 2.00 bits per heavy atom. The van der Waals surface area contributed by atoms with Crippen LogP contribution in [-0.2, 0) is 4.79 Å². The molecule has 3 aromatic rings. The van der Waals surface area contributed by atoms with Gasteiger partial charge in [0.1, 0.15) is 5.82 Å². The van der Waals surface area contributed by atoms with E-state index in [4.69, 9.17) is 16.7 Å². The van der Waals surface area contributed by atoms with Crippen molar-refractivity contribution in [1.82, 2.24) is 9.78 Å². The van der Waals surface area contributed by atoms with Crippen molar-refractivity contribution in [2.45, 2.75) is 19.1 Å². The molecule has 0 fully saturated rings. The number of amides is 1. The van der Waals surface area contributed by atoms with Crippen LogP contribution in [0.1, 0.15) is 27.6 Å². The van der Waals surface area contributed by atoms with Crippen molar-refractivity contribution in [3.8, 4) is 5.69 Å². The SMILES string of the molecule is Cc1ccccc1-n1nc(C)c2c1NC(=O)CS[C@H]2c1cccc(Cl)c1. The second-order valence-corrected chi connectivity index (χ2v) is 7.87. The van der Waals surface area contributed by atoms with Crippen LogP contribution < -0.4 is 5.32 Å². The predicted molar refractivity (Wildman–Crippen MR) is 107 cm³/mol. The first-order chi connectivity index (χ1) is 12.5. The predicted octanol–water partition coefficient (Wildman–Crippen LogP) is 4.92. The van der Waals surface area contributed by atoms with Crippen LogP contribution in [0.25, 0.3) is 5.69 Å². The van der Waals surface area contributed by atoms with E-state index in [0.29, 0.717) is 10.8 Å². The summed E-state index contributed by atoms with van der Waals surface area (Å²) in [5.41, 5.74) is 5.08. The molecule has 0 bridgehead atoms. The van der Waals surface area contributed by atoms with Crippen molar-refractivity contribution < 1.29 is 4.79 Å². The average molecular weight is 384 g/mol. The number of aryl methyl sites for hydroxylation is 2. The molecule has 132 valence electrons. The molecule has 1 aliphatic heterocycles. The highest BCUT2D eigenvalue weighted by Gasteiger charge is 2.30. The minimum Gasteiger partial charge on any atom is -0.310 e. The van der Waals surface area contributed by atoms with Gasteiger partial charge in [-0.25, -0.2) is 4.68 Å². The number of hydrogen-bond donors (Lipinski definition) is 1. The molecule has 4 nitrogen and oxygen atoms in total. The summed E-state index contributed by atoms with van der Waals surface area (Å²) in [5, 5.41) is 8.51. The number of carbonyl (C=O) groups excluding carboxylic acids is 1. The molecule has 0 unspecified atom stereocenters. The van der Waals surface area contributed by atoms with Gasteiger partial charge in [0.2, 0.25) is 5.91 Å². The Labute approximate surface area is 161 Å². The summed E-state index contributed by atoms with van der Waals surface area (Å²) in [5.74, 6) is 1.12. The molecule has 0 aliphatic carbocycles. The van der Waals surface area contributed by atoms with E-state index in [2.05, 4.69) is 5.32 Å². The molecule has 2 aromatic carbocycles. The number of thioether (sulfide) groups is 1. The number of halogens is 1. The number of rotatable bonds is 2. The fraction of sp³-hybridized carbons (Fsp3) is 0.200. The van der Waals surface area contributed by atoms with Crippen molar-refractivity contribution in [2.75, 3.05) is 11.1 Å². The average Bonchev–Trinajstić information content (AvgIpc) is 2.82. The normalized spacial score (nSPS) is 16.7. The topological polar surface area (TPSA) is 46.9 Å².